The summed E-state index contributed by atoms with van der Waals surface area (Å²) in [5, 5.41) is 15.2. The van der Waals surface area contributed by atoms with Crippen molar-refractivity contribution in [3.63, 3.8) is 0 Å². The van der Waals surface area contributed by atoms with Crippen LogP contribution in [0.15, 0.2) is 65.8 Å². The average Bonchev–Trinajstić information content (AvgIpc) is 2.81. The third-order valence-electron chi connectivity index (χ3n) is 4.24. The summed E-state index contributed by atoms with van der Waals surface area (Å²) < 4.78 is 10.6. The van der Waals surface area contributed by atoms with Gasteiger partial charge < -0.3 is 9.47 Å². The molecule has 0 saturated carbocycles. The van der Waals surface area contributed by atoms with Crippen molar-refractivity contribution in [1.82, 2.24) is 5.43 Å². The molecule has 0 aliphatic heterocycles. The first-order valence-corrected chi connectivity index (χ1v) is 9.97. The van der Waals surface area contributed by atoms with Crippen LogP contribution in [-0.4, -0.2) is 30.1 Å². The molecule has 0 heterocycles. The van der Waals surface area contributed by atoms with Gasteiger partial charge in [-0.3, -0.25) is 14.9 Å². The number of esters is 1. The number of hydrogen-bond acceptors (Lipinski definition) is 7. The Morgan fingerprint density at radius 3 is 2.48 bits per heavy atom. The summed E-state index contributed by atoms with van der Waals surface area (Å²) in [4.78, 5) is 34.8. The van der Waals surface area contributed by atoms with E-state index in [9.17, 15) is 19.7 Å². The van der Waals surface area contributed by atoms with E-state index >= 15 is 0 Å². The number of amides is 1. The molecule has 0 bridgehead atoms. The van der Waals surface area contributed by atoms with Crippen LogP contribution in [0.25, 0.3) is 0 Å². The van der Waals surface area contributed by atoms with Crippen LogP contribution in [0.4, 0.5) is 5.69 Å². The maximum Gasteiger partial charge on any atom is 0.343 e. The van der Waals surface area contributed by atoms with E-state index in [0.717, 1.165) is 6.07 Å². The normalized spacial score (nSPS) is 10.6. The largest absolute Gasteiger partial charge is 0.493 e. The first-order chi connectivity index (χ1) is 15.8. The molecular weight excluding hydrogens is 473 g/mol. The SMILES string of the molecule is COc1cc(/C=N\NC(=O)c2cccc([N+](=O)[O-])c2)ccc1OC(=O)c1ccc(Cl)c(Cl)c1. The molecule has 0 unspecified atom stereocenters. The molecule has 0 aliphatic carbocycles. The van der Waals surface area contributed by atoms with Gasteiger partial charge in [0.2, 0.25) is 0 Å². The Morgan fingerprint density at radius 1 is 1.00 bits per heavy atom. The second kappa shape index (κ2) is 10.6. The van der Waals surface area contributed by atoms with Crippen LogP contribution in [-0.2, 0) is 0 Å². The van der Waals surface area contributed by atoms with E-state index in [1.165, 1.54) is 55.8 Å². The van der Waals surface area contributed by atoms with Gasteiger partial charge in [-0.1, -0.05) is 29.3 Å². The number of nitrogens with one attached hydrogen (secondary N) is 1. The summed E-state index contributed by atoms with van der Waals surface area (Å²) in [6.45, 7) is 0. The van der Waals surface area contributed by atoms with Crippen molar-refractivity contribution in [2.24, 2.45) is 5.10 Å². The number of non-ortho nitro benzene ring substituents is 1. The first kappa shape index (κ1) is 23.7. The van der Waals surface area contributed by atoms with Gasteiger partial charge in [-0.05, 0) is 48.0 Å². The van der Waals surface area contributed by atoms with Gasteiger partial charge in [0.15, 0.2) is 11.5 Å². The fourth-order valence-electron chi connectivity index (χ4n) is 2.62. The Labute approximate surface area is 197 Å². The highest BCUT2D eigenvalue weighted by atomic mass is 35.5. The molecule has 0 aromatic heterocycles. The molecule has 1 N–H and O–H groups in total. The van der Waals surface area contributed by atoms with Crippen LogP contribution in [0.3, 0.4) is 0 Å². The standard InChI is InChI=1S/C22H15Cl2N3O6/c1-32-20-9-13(12-25-26-21(28)14-3-2-4-16(10-14)27(30)31)5-8-19(20)33-22(29)15-6-7-17(23)18(24)11-15/h2-12H,1H3,(H,26,28)/b25-12-. The van der Waals surface area contributed by atoms with Gasteiger partial charge >= 0.3 is 5.97 Å². The molecule has 168 valence electrons. The van der Waals surface area contributed by atoms with Crippen LogP contribution in [0, 0.1) is 10.1 Å². The van der Waals surface area contributed by atoms with Gasteiger partial charge in [-0.2, -0.15) is 5.10 Å². The summed E-state index contributed by atoms with van der Waals surface area (Å²) in [5.74, 6) is -0.865. The zero-order valence-corrected chi connectivity index (χ0v) is 18.5. The summed E-state index contributed by atoms with van der Waals surface area (Å²) in [5.41, 5.74) is 2.91. The van der Waals surface area contributed by atoms with Gasteiger partial charge in [-0.15, -0.1) is 0 Å². The predicted octanol–water partition coefficient (Wildman–Crippen LogP) is 4.89. The lowest BCUT2D eigenvalue weighted by Crippen LogP contribution is -2.17. The Bertz CT molecular complexity index is 1260. The lowest BCUT2D eigenvalue weighted by Gasteiger charge is -2.10. The third-order valence-corrected chi connectivity index (χ3v) is 4.98. The molecule has 3 rings (SSSR count). The number of benzene rings is 3. The summed E-state index contributed by atoms with van der Waals surface area (Å²) >= 11 is 11.8. The number of carbonyl (C=O) groups is 2. The molecule has 3 aromatic rings. The molecule has 9 nitrogen and oxygen atoms in total. The Morgan fingerprint density at radius 2 is 1.79 bits per heavy atom. The number of nitro groups is 1. The number of nitro benzene ring substituents is 1. The third kappa shape index (κ3) is 6.06. The van der Waals surface area contributed by atoms with Crippen molar-refractivity contribution in [2.75, 3.05) is 7.11 Å². The second-order valence-electron chi connectivity index (χ2n) is 6.44. The van der Waals surface area contributed by atoms with Crippen LogP contribution < -0.4 is 14.9 Å². The van der Waals surface area contributed by atoms with Gasteiger partial charge in [0.25, 0.3) is 11.6 Å². The number of hydrogen-bond donors (Lipinski definition) is 1. The Balaban J connectivity index is 1.69. The zero-order chi connectivity index (χ0) is 24.0. The minimum Gasteiger partial charge on any atom is -0.493 e. The molecule has 3 aromatic carbocycles. The minimum absolute atomic E-state index is 0.0866. The molecular formula is C22H15Cl2N3O6. The second-order valence-corrected chi connectivity index (χ2v) is 7.25. The summed E-state index contributed by atoms with van der Waals surface area (Å²) in [6, 6.07) is 14.2. The van der Waals surface area contributed by atoms with Crippen molar-refractivity contribution in [3.05, 3.63) is 97.5 Å². The van der Waals surface area contributed by atoms with Crippen molar-refractivity contribution in [2.45, 2.75) is 0 Å². The molecule has 1 amide bonds. The Hall–Kier alpha value is -3.95. The molecule has 0 spiro atoms. The lowest BCUT2D eigenvalue weighted by molar-refractivity contribution is -0.384. The van der Waals surface area contributed by atoms with Crippen molar-refractivity contribution >= 4 is 47.0 Å². The van der Waals surface area contributed by atoms with E-state index in [-0.39, 0.29) is 33.3 Å². The molecule has 11 heteroatoms. The van der Waals surface area contributed by atoms with Crippen molar-refractivity contribution in [1.29, 1.82) is 0 Å². The number of methoxy groups -OCH3 is 1. The molecule has 33 heavy (non-hydrogen) atoms. The highest BCUT2D eigenvalue weighted by molar-refractivity contribution is 6.42. The van der Waals surface area contributed by atoms with Crippen LogP contribution in [0.2, 0.25) is 10.0 Å². The molecule has 0 aliphatic rings. The Kier molecular flexibility index (Phi) is 7.60. The van der Waals surface area contributed by atoms with Crippen LogP contribution in [0.1, 0.15) is 26.3 Å². The van der Waals surface area contributed by atoms with E-state index in [4.69, 9.17) is 32.7 Å². The predicted molar refractivity (Wildman–Crippen MR) is 123 cm³/mol. The smallest absolute Gasteiger partial charge is 0.343 e. The van der Waals surface area contributed by atoms with Crippen molar-refractivity contribution in [3.8, 4) is 11.5 Å². The number of rotatable bonds is 7. The van der Waals surface area contributed by atoms with Gasteiger partial charge in [-0.25, -0.2) is 10.2 Å². The topological polar surface area (TPSA) is 120 Å². The monoisotopic (exact) mass is 487 g/mol. The minimum atomic E-state index is -0.655. The molecule has 0 saturated heterocycles. The van der Waals surface area contributed by atoms with Crippen LogP contribution in [0.5, 0.6) is 11.5 Å². The lowest BCUT2D eigenvalue weighted by atomic mass is 10.2. The maximum absolute atomic E-state index is 12.4. The zero-order valence-electron chi connectivity index (χ0n) is 17.0. The van der Waals surface area contributed by atoms with Gasteiger partial charge in [0, 0.05) is 17.7 Å². The number of ether oxygens (including phenoxy) is 2. The quantitative estimate of drug-likeness (QED) is 0.166. The molecule has 0 atom stereocenters. The fraction of sp³-hybridized carbons (Fsp3) is 0.0455. The first-order valence-electron chi connectivity index (χ1n) is 9.21. The maximum atomic E-state index is 12.4. The van der Waals surface area contributed by atoms with E-state index in [1.54, 1.807) is 12.1 Å². The van der Waals surface area contributed by atoms with Gasteiger partial charge in [0.1, 0.15) is 0 Å². The van der Waals surface area contributed by atoms with E-state index < -0.39 is 16.8 Å². The van der Waals surface area contributed by atoms with Crippen molar-refractivity contribution < 1.29 is 24.0 Å². The highest BCUT2D eigenvalue weighted by Crippen LogP contribution is 2.29. The van der Waals surface area contributed by atoms with E-state index in [1.807, 2.05) is 0 Å². The summed E-state index contributed by atoms with van der Waals surface area (Å²) in [6.07, 6.45) is 1.34. The van der Waals surface area contributed by atoms with Gasteiger partial charge in [0.05, 0.1) is 33.9 Å². The van der Waals surface area contributed by atoms with Crippen LogP contribution >= 0.6 is 23.2 Å². The summed E-state index contributed by atoms with van der Waals surface area (Å²) in [7, 11) is 1.40. The molecule has 0 radical (unpaired) electrons. The number of carbonyl (C=O) groups excluding carboxylic acids is 2. The van der Waals surface area contributed by atoms with E-state index in [2.05, 4.69) is 10.5 Å². The van der Waals surface area contributed by atoms with E-state index in [0.29, 0.717) is 10.6 Å². The number of hydrazone groups is 1. The number of nitrogens with zero attached hydrogens (tertiary/aromatic N) is 2. The fourth-order valence-corrected chi connectivity index (χ4v) is 2.92. The molecule has 0 fully saturated rings. The number of halogens is 2. The average molecular weight is 488 g/mol. The highest BCUT2D eigenvalue weighted by Gasteiger charge is 2.14.